The number of carbonyl (C=O) groups is 1. The Kier molecular flexibility index (Phi) is 4.06. The minimum Gasteiger partial charge on any atom is -0.349 e. The van der Waals surface area contributed by atoms with Gasteiger partial charge in [0.1, 0.15) is 0 Å². The number of rotatable bonds is 3. The van der Waals surface area contributed by atoms with Gasteiger partial charge in [-0.3, -0.25) is 4.79 Å². The first-order valence-electron chi connectivity index (χ1n) is 8.30. The Labute approximate surface area is 151 Å². The zero-order valence-electron chi connectivity index (χ0n) is 13.9. The van der Waals surface area contributed by atoms with Crippen molar-refractivity contribution in [2.45, 2.75) is 25.8 Å². The first kappa shape index (κ1) is 15.9. The van der Waals surface area contributed by atoms with Gasteiger partial charge in [-0.15, -0.1) is 0 Å². The zero-order chi connectivity index (χ0) is 17.4. The van der Waals surface area contributed by atoms with Crippen LogP contribution < -0.4 is 5.32 Å². The highest BCUT2D eigenvalue weighted by Gasteiger charge is 2.24. The van der Waals surface area contributed by atoms with Crippen LogP contribution in [0.2, 0.25) is 5.02 Å². The fourth-order valence-electron chi connectivity index (χ4n) is 3.40. The Hall–Kier alpha value is -2.59. The summed E-state index contributed by atoms with van der Waals surface area (Å²) in [6.07, 6.45) is 3.39. The lowest BCUT2D eigenvalue weighted by atomic mass is 10.1. The van der Waals surface area contributed by atoms with Crippen LogP contribution in [0.1, 0.15) is 27.2 Å². The van der Waals surface area contributed by atoms with Crippen molar-refractivity contribution in [1.82, 2.24) is 15.1 Å². The van der Waals surface area contributed by atoms with Crippen LogP contribution in [0.15, 0.2) is 54.7 Å². The van der Waals surface area contributed by atoms with E-state index in [1.165, 1.54) is 11.1 Å². The maximum Gasteiger partial charge on any atom is 0.255 e. The molecule has 3 aromatic rings. The summed E-state index contributed by atoms with van der Waals surface area (Å²) in [6, 6.07) is 15.9. The Balaban J connectivity index is 1.51. The van der Waals surface area contributed by atoms with Crippen molar-refractivity contribution in [2.75, 3.05) is 0 Å². The molecule has 0 spiro atoms. The molecule has 1 aliphatic carbocycles. The van der Waals surface area contributed by atoms with Crippen LogP contribution in [0.5, 0.6) is 0 Å². The molecule has 25 heavy (non-hydrogen) atoms. The molecule has 126 valence electrons. The molecule has 0 fully saturated rings. The quantitative estimate of drug-likeness (QED) is 0.781. The van der Waals surface area contributed by atoms with E-state index in [0.717, 1.165) is 24.2 Å². The molecule has 1 aromatic heterocycles. The van der Waals surface area contributed by atoms with Crippen molar-refractivity contribution in [2.24, 2.45) is 0 Å². The number of nitrogens with zero attached hydrogens (tertiary/aromatic N) is 2. The van der Waals surface area contributed by atoms with Crippen molar-refractivity contribution in [3.05, 3.63) is 82.1 Å². The molecule has 1 amide bonds. The number of carbonyl (C=O) groups excluding carboxylic acids is 1. The second kappa shape index (κ2) is 6.37. The smallest absolute Gasteiger partial charge is 0.255 e. The second-order valence-corrected chi connectivity index (χ2v) is 6.82. The summed E-state index contributed by atoms with van der Waals surface area (Å²) in [4.78, 5) is 12.7. The molecule has 0 saturated carbocycles. The molecular formula is C20H18ClN3O. The summed E-state index contributed by atoms with van der Waals surface area (Å²) in [5.74, 6) is -0.0736. The molecule has 0 saturated heterocycles. The van der Waals surface area contributed by atoms with Crippen LogP contribution in [0, 0.1) is 6.92 Å². The Bertz CT molecular complexity index is 905. The van der Waals surface area contributed by atoms with E-state index in [4.69, 9.17) is 11.6 Å². The standard InChI is InChI=1S/C20H18ClN3O/c1-13-19(12-22-24(13)18-8-6-16(21)7-9-18)20(25)23-17-10-14-4-2-3-5-15(14)11-17/h2-9,12,17H,10-11H2,1H3,(H,23,25). The maximum absolute atomic E-state index is 12.7. The number of fused-ring (bicyclic) bond motifs is 1. The van der Waals surface area contributed by atoms with Gasteiger partial charge in [0, 0.05) is 11.1 Å². The van der Waals surface area contributed by atoms with Gasteiger partial charge in [-0.2, -0.15) is 5.10 Å². The van der Waals surface area contributed by atoms with Gasteiger partial charge in [-0.25, -0.2) is 4.68 Å². The predicted molar refractivity (Wildman–Crippen MR) is 98.4 cm³/mol. The number of aromatic nitrogens is 2. The number of amides is 1. The van der Waals surface area contributed by atoms with Gasteiger partial charge in [0.25, 0.3) is 5.91 Å². The lowest BCUT2D eigenvalue weighted by molar-refractivity contribution is 0.0938. The minimum absolute atomic E-state index is 0.0736. The molecular weight excluding hydrogens is 334 g/mol. The topological polar surface area (TPSA) is 46.9 Å². The summed E-state index contributed by atoms with van der Waals surface area (Å²) in [7, 11) is 0. The van der Waals surface area contributed by atoms with Crippen molar-refractivity contribution in [1.29, 1.82) is 0 Å². The molecule has 0 atom stereocenters. The van der Waals surface area contributed by atoms with Gasteiger partial charge in [0.05, 0.1) is 23.1 Å². The van der Waals surface area contributed by atoms with Crippen LogP contribution >= 0.6 is 11.6 Å². The van der Waals surface area contributed by atoms with E-state index >= 15 is 0 Å². The summed E-state index contributed by atoms with van der Waals surface area (Å²) in [6.45, 7) is 1.90. The van der Waals surface area contributed by atoms with E-state index in [-0.39, 0.29) is 11.9 Å². The predicted octanol–water partition coefficient (Wildman–Crippen LogP) is 3.73. The van der Waals surface area contributed by atoms with Gasteiger partial charge in [0.2, 0.25) is 0 Å². The van der Waals surface area contributed by atoms with E-state index < -0.39 is 0 Å². The van der Waals surface area contributed by atoms with Gasteiger partial charge < -0.3 is 5.32 Å². The fraction of sp³-hybridized carbons (Fsp3) is 0.200. The van der Waals surface area contributed by atoms with Crippen LogP contribution in [-0.4, -0.2) is 21.7 Å². The van der Waals surface area contributed by atoms with E-state index in [0.29, 0.717) is 10.6 Å². The highest BCUT2D eigenvalue weighted by molar-refractivity contribution is 6.30. The van der Waals surface area contributed by atoms with Gasteiger partial charge in [0.15, 0.2) is 0 Å². The van der Waals surface area contributed by atoms with Crippen molar-refractivity contribution in [3.63, 3.8) is 0 Å². The molecule has 0 aliphatic heterocycles. The van der Waals surface area contributed by atoms with Crippen molar-refractivity contribution >= 4 is 17.5 Å². The first-order valence-corrected chi connectivity index (χ1v) is 8.68. The average molecular weight is 352 g/mol. The third-order valence-corrected chi connectivity index (χ3v) is 4.96. The van der Waals surface area contributed by atoms with Crippen LogP contribution in [0.25, 0.3) is 5.69 Å². The lowest BCUT2D eigenvalue weighted by Gasteiger charge is -2.12. The van der Waals surface area contributed by atoms with Crippen molar-refractivity contribution in [3.8, 4) is 5.69 Å². The molecule has 1 heterocycles. The maximum atomic E-state index is 12.7. The largest absolute Gasteiger partial charge is 0.349 e. The summed E-state index contributed by atoms with van der Waals surface area (Å²) >= 11 is 5.93. The van der Waals surface area contributed by atoms with E-state index in [9.17, 15) is 4.79 Å². The SMILES string of the molecule is Cc1c(C(=O)NC2Cc3ccccc3C2)cnn1-c1ccc(Cl)cc1. The molecule has 2 aromatic carbocycles. The van der Waals surface area contributed by atoms with E-state index in [1.807, 2.05) is 43.3 Å². The number of hydrogen-bond donors (Lipinski definition) is 1. The van der Waals surface area contributed by atoms with Gasteiger partial charge >= 0.3 is 0 Å². The minimum atomic E-state index is -0.0736. The Morgan fingerprint density at radius 3 is 2.40 bits per heavy atom. The third kappa shape index (κ3) is 3.05. The first-order chi connectivity index (χ1) is 12.1. The fourth-order valence-corrected chi connectivity index (χ4v) is 3.53. The van der Waals surface area contributed by atoms with Crippen LogP contribution in [0.4, 0.5) is 0 Å². The lowest BCUT2D eigenvalue weighted by Crippen LogP contribution is -2.35. The van der Waals surface area contributed by atoms with Gasteiger partial charge in [-0.05, 0) is 55.2 Å². The summed E-state index contributed by atoms with van der Waals surface area (Å²) in [5.41, 5.74) is 4.94. The molecule has 5 heteroatoms. The molecule has 1 aliphatic rings. The van der Waals surface area contributed by atoms with E-state index in [1.54, 1.807) is 10.9 Å². The van der Waals surface area contributed by atoms with Gasteiger partial charge in [-0.1, -0.05) is 35.9 Å². The molecule has 4 nitrogen and oxygen atoms in total. The molecule has 0 radical (unpaired) electrons. The normalized spacial score (nSPS) is 13.7. The number of benzene rings is 2. The molecule has 4 rings (SSSR count). The third-order valence-electron chi connectivity index (χ3n) is 4.71. The second-order valence-electron chi connectivity index (χ2n) is 6.38. The number of hydrogen-bond acceptors (Lipinski definition) is 2. The monoisotopic (exact) mass is 351 g/mol. The van der Waals surface area contributed by atoms with Crippen molar-refractivity contribution < 1.29 is 4.79 Å². The van der Waals surface area contributed by atoms with Crippen LogP contribution in [0.3, 0.4) is 0 Å². The number of halogens is 1. The van der Waals surface area contributed by atoms with Crippen LogP contribution in [-0.2, 0) is 12.8 Å². The highest BCUT2D eigenvalue weighted by Crippen LogP contribution is 2.22. The Morgan fingerprint density at radius 1 is 1.12 bits per heavy atom. The summed E-state index contributed by atoms with van der Waals surface area (Å²) < 4.78 is 1.76. The summed E-state index contributed by atoms with van der Waals surface area (Å²) in [5, 5.41) is 8.18. The molecule has 1 N–H and O–H groups in total. The average Bonchev–Trinajstić information content (AvgIpc) is 3.18. The van der Waals surface area contributed by atoms with E-state index in [2.05, 4.69) is 22.5 Å². The number of nitrogens with one attached hydrogen (secondary N) is 1. The molecule has 0 bridgehead atoms. The molecule has 0 unspecified atom stereocenters. The highest BCUT2D eigenvalue weighted by atomic mass is 35.5. The zero-order valence-corrected chi connectivity index (χ0v) is 14.6. The Morgan fingerprint density at radius 2 is 1.76 bits per heavy atom.